The lowest BCUT2D eigenvalue weighted by atomic mass is 9.96. The first kappa shape index (κ1) is 16.0. The molecule has 0 saturated carbocycles. The molecule has 0 bridgehead atoms. The third-order valence-electron chi connectivity index (χ3n) is 3.89. The first-order valence-corrected chi connectivity index (χ1v) is 8.05. The Morgan fingerprint density at radius 2 is 2.00 bits per heavy atom. The summed E-state index contributed by atoms with van der Waals surface area (Å²) in [6.07, 6.45) is 0.595. The molecule has 2 unspecified atom stereocenters. The first-order valence-electron chi connectivity index (χ1n) is 7.26. The van der Waals surface area contributed by atoms with E-state index in [2.05, 4.69) is 21.2 Å². The van der Waals surface area contributed by atoms with E-state index in [1.54, 1.807) is 4.90 Å². The third kappa shape index (κ3) is 2.98. The quantitative estimate of drug-likeness (QED) is 0.908. The van der Waals surface area contributed by atoms with E-state index in [0.717, 1.165) is 15.7 Å². The summed E-state index contributed by atoms with van der Waals surface area (Å²) in [6, 6.07) is 4.85. The number of benzene rings is 1. The van der Waals surface area contributed by atoms with Crippen molar-refractivity contribution in [2.45, 2.75) is 46.2 Å². The molecule has 1 aliphatic heterocycles. The monoisotopic (exact) mass is 352 g/mol. The van der Waals surface area contributed by atoms with Crippen LogP contribution in [0.2, 0.25) is 0 Å². The minimum Gasteiger partial charge on any atom is -0.342 e. The molecule has 2 rings (SSSR count). The van der Waals surface area contributed by atoms with E-state index in [1.165, 1.54) is 0 Å². The number of rotatable bonds is 3. The van der Waals surface area contributed by atoms with Crippen molar-refractivity contribution >= 4 is 33.4 Å². The topological polar surface area (TPSA) is 49.4 Å². The molecule has 2 amide bonds. The van der Waals surface area contributed by atoms with Gasteiger partial charge < -0.3 is 5.32 Å². The highest BCUT2D eigenvalue weighted by atomic mass is 79.9. The zero-order valence-corrected chi connectivity index (χ0v) is 14.4. The molecule has 0 spiro atoms. The molecule has 1 aliphatic rings. The van der Waals surface area contributed by atoms with Gasteiger partial charge in [-0.1, -0.05) is 36.7 Å². The molecule has 1 heterocycles. The first-order chi connectivity index (χ1) is 9.86. The van der Waals surface area contributed by atoms with Crippen LogP contribution in [-0.2, 0) is 9.59 Å². The van der Waals surface area contributed by atoms with Crippen LogP contribution in [0.1, 0.15) is 32.8 Å². The Morgan fingerprint density at radius 3 is 2.52 bits per heavy atom. The molecule has 1 aromatic carbocycles. The third-order valence-corrected chi connectivity index (χ3v) is 4.78. The van der Waals surface area contributed by atoms with Crippen molar-refractivity contribution in [2.24, 2.45) is 5.92 Å². The van der Waals surface area contributed by atoms with Crippen molar-refractivity contribution in [3.05, 3.63) is 28.2 Å². The normalized spacial score (nSPS) is 22.7. The molecule has 5 heteroatoms. The highest BCUT2D eigenvalue weighted by molar-refractivity contribution is 9.10. The number of halogens is 1. The Hall–Kier alpha value is -1.36. The van der Waals surface area contributed by atoms with Gasteiger partial charge in [0.1, 0.15) is 12.1 Å². The van der Waals surface area contributed by atoms with E-state index < -0.39 is 12.1 Å². The van der Waals surface area contributed by atoms with Gasteiger partial charge in [-0.3, -0.25) is 14.5 Å². The Morgan fingerprint density at radius 1 is 1.33 bits per heavy atom. The molecule has 2 atom stereocenters. The molecule has 0 radical (unpaired) electrons. The second kappa shape index (κ2) is 6.18. The van der Waals surface area contributed by atoms with Crippen LogP contribution in [0.25, 0.3) is 0 Å². The van der Waals surface area contributed by atoms with Crippen LogP contribution in [0.5, 0.6) is 0 Å². The number of amides is 2. The summed E-state index contributed by atoms with van der Waals surface area (Å²) < 4.78 is 0.994. The molecular formula is C16H21BrN2O2. The van der Waals surface area contributed by atoms with E-state index in [4.69, 9.17) is 0 Å². The second-order valence-corrected chi connectivity index (χ2v) is 6.65. The number of hydrogen-bond acceptors (Lipinski definition) is 2. The van der Waals surface area contributed by atoms with Gasteiger partial charge >= 0.3 is 0 Å². The highest BCUT2D eigenvalue weighted by Crippen LogP contribution is 2.28. The van der Waals surface area contributed by atoms with Gasteiger partial charge in [-0.25, -0.2) is 0 Å². The van der Waals surface area contributed by atoms with Crippen LogP contribution in [0.4, 0.5) is 5.69 Å². The summed E-state index contributed by atoms with van der Waals surface area (Å²) in [4.78, 5) is 26.7. The summed E-state index contributed by atoms with van der Waals surface area (Å²) in [5, 5.41) is 2.85. The maximum absolute atomic E-state index is 12.8. The van der Waals surface area contributed by atoms with Gasteiger partial charge in [0, 0.05) is 10.2 Å². The number of nitrogens with zero attached hydrogens (tertiary/aromatic N) is 1. The van der Waals surface area contributed by atoms with Crippen LogP contribution in [-0.4, -0.2) is 23.9 Å². The fourth-order valence-electron chi connectivity index (χ4n) is 2.64. The molecule has 114 valence electrons. The van der Waals surface area contributed by atoms with E-state index in [1.807, 2.05) is 45.9 Å². The number of carbonyl (C=O) groups excluding carboxylic acids is 2. The van der Waals surface area contributed by atoms with Gasteiger partial charge in [-0.05, 0) is 43.0 Å². The SMILES string of the molecule is CCC1C(=O)NC(C(C)C)C(=O)N1c1ccc(Br)c(C)c1. The zero-order valence-electron chi connectivity index (χ0n) is 12.8. The number of piperazine rings is 1. The van der Waals surface area contributed by atoms with Gasteiger partial charge in [0.05, 0.1) is 0 Å². The number of nitrogens with one attached hydrogen (secondary N) is 1. The standard InChI is InChI=1S/C16H21BrN2O2/c1-5-13-15(20)18-14(9(2)3)16(21)19(13)11-6-7-12(17)10(4)8-11/h6-9,13-14H,5H2,1-4H3,(H,18,20). The van der Waals surface area contributed by atoms with E-state index in [0.29, 0.717) is 6.42 Å². The summed E-state index contributed by atoms with van der Waals surface area (Å²) in [5.74, 6) is -0.0344. The van der Waals surface area contributed by atoms with Gasteiger partial charge in [-0.15, -0.1) is 0 Å². The zero-order chi connectivity index (χ0) is 15.7. The molecular weight excluding hydrogens is 332 g/mol. The Labute approximate surface area is 134 Å². The number of hydrogen-bond donors (Lipinski definition) is 1. The molecule has 1 N–H and O–H groups in total. The van der Waals surface area contributed by atoms with Crippen LogP contribution in [0.3, 0.4) is 0 Å². The van der Waals surface area contributed by atoms with Crippen molar-refractivity contribution < 1.29 is 9.59 Å². The van der Waals surface area contributed by atoms with Crippen molar-refractivity contribution in [3.63, 3.8) is 0 Å². The Bertz CT molecular complexity index is 571. The van der Waals surface area contributed by atoms with Crippen molar-refractivity contribution in [3.8, 4) is 0 Å². The lowest BCUT2D eigenvalue weighted by molar-refractivity contribution is -0.134. The largest absolute Gasteiger partial charge is 0.342 e. The summed E-state index contributed by atoms with van der Waals surface area (Å²) in [7, 11) is 0. The smallest absolute Gasteiger partial charge is 0.250 e. The molecule has 4 nitrogen and oxygen atoms in total. The average molecular weight is 353 g/mol. The number of aryl methyl sites for hydroxylation is 1. The molecule has 1 saturated heterocycles. The number of carbonyl (C=O) groups is 2. The van der Waals surface area contributed by atoms with Gasteiger partial charge in [0.15, 0.2) is 0 Å². The van der Waals surface area contributed by atoms with Crippen LogP contribution < -0.4 is 10.2 Å². The van der Waals surface area contributed by atoms with E-state index >= 15 is 0 Å². The Balaban J connectivity index is 2.46. The highest BCUT2D eigenvalue weighted by Gasteiger charge is 2.41. The lowest BCUT2D eigenvalue weighted by Crippen LogP contribution is -2.64. The minimum absolute atomic E-state index is 0.0295. The molecule has 1 aromatic rings. The van der Waals surface area contributed by atoms with Gasteiger partial charge in [0.25, 0.3) is 5.91 Å². The van der Waals surface area contributed by atoms with Crippen LogP contribution in [0, 0.1) is 12.8 Å². The minimum atomic E-state index is -0.454. The van der Waals surface area contributed by atoms with Crippen LogP contribution >= 0.6 is 15.9 Å². The lowest BCUT2D eigenvalue weighted by Gasteiger charge is -2.40. The van der Waals surface area contributed by atoms with Crippen molar-refractivity contribution in [1.82, 2.24) is 5.32 Å². The Kier molecular flexibility index (Phi) is 4.71. The van der Waals surface area contributed by atoms with Gasteiger partial charge in [0.2, 0.25) is 5.91 Å². The predicted octanol–water partition coefficient (Wildman–Crippen LogP) is 3.02. The fraction of sp³-hybridized carbons (Fsp3) is 0.500. The average Bonchev–Trinajstić information content (AvgIpc) is 2.43. The molecule has 0 aromatic heterocycles. The van der Waals surface area contributed by atoms with Crippen molar-refractivity contribution in [1.29, 1.82) is 0 Å². The second-order valence-electron chi connectivity index (χ2n) is 5.80. The molecule has 21 heavy (non-hydrogen) atoms. The number of anilines is 1. The fourth-order valence-corrected chi connectivity index (χ4v) is 2.88. The maximum Gasteiger partial charge on any atom is 0.250 e. The van der Waals surface area contributed by atoms with E-state index in [9.17, 15) is 9.59 Å². The molecule has 0 aliphatic carbocycles. The van der Waals surface area contributed by atoms with Crippen LogP contribution in [0.15, 0.2) is 22.7 Å². The van der Waals surface area contributed by atoms with Crippen molar-refractivity contribution in [2.75, 3.05) is 4.90 Å². The summed E-state index contributed by atoms with van der Waals surface area (Å²) in [5.41, 5.74) is 1.83. The maximum atomic E-state index is 12.8. The predicted molar refractivity (Wildman–Crippen MR) is 87.2 cm³/mol. The van der Waals surface area contributed by atoms with E-state index in [-0.39, 0.29) is 17.7 Å². The van der Waals surface area contributed by atoms with Gasteiger partial charge in [-0.2, -0.15) is 0 Å². The summed E-state index contributed by atoms with van der Waals surface area (Å²) in [6.45, 7) is 7.79. The summed E-state index contributed by atoms with van der Waals surface area (Å²) >= 11 is 3.46. The molecule has 1 fully saturated rings.